The van der Waals surface area contributed by atoms with Gasteiger partial charge in [-0.25, -0.2) is 4.99 Å². The van der Waals surface area contributed by atoms with E-state index in [0.717, 1.165) is 11.1 Å². The van der Waals surface area contributed by atoms with Gasteiger partial charge in [-0.05, 0) is 36.2 Å². The number of fused-ring (bicyclic) bond motifs is 1. The molecule has 0 saturated carbocycles. The minimum Gasteiger partial charge on any atom is -0.423 e. The summed E-state index contributed by atoms with van der Waals surface area (Å²) in [5, 5.41) is 10.5. The Labute approximate surface area is 218 Å². The summed E-state index contributed by atoms with van der Waals surface area (Å²) >= 11 is 12.8. The molecule has 1 atom stereocenters. The lowest BCUT2D eigenvalue weighted by atomic mass is 9.94. The molecular weight excluding hydrogens is 497 g/mol. The molecule has 2 heterocycles. The van der Waals surface area contributed by atoms with E-state index in [4.69, 9.17) is 32.6 Å². The Hall–Kier alpha value is -3.81. The first-order valence-corrected chi connectivity index (χ1v) is 12.3. The molecule has 182 valence electrons. The van der Waals surface area contributed by atoms with E-state index in [9.17, 15) is 4.79 Å². The van der Waals surface area contributed by atoms with E-state index in [0.29, 0.717) is 50.9 Å². The fourth-order valence-corrected chi connectivity index (χ4v) is 4.51. The number of amides is 1. The van der Waals surface area contributed by atoms with Gasteiger partial charge in [0.15, 0.2) is 5.58 Å². The SMILES string of the molecule is CCC1=C(C(=O)NCc2ccccc2Cl)C(c2ccccc2Cl)N=C(Nc2nc3ccccc3o2)N1. The van der Waals surface area contributed by atoms with E-state index < -0.39 is 6.04 Å². The van der Waals surface area contributed by atoms with Gasteiger partial charge in [-0.1, -0.05) is 78.7 Å². The van der Waals surface area contributed by atoms with Crippen LogP contribution in [-0.2, 0) is 11.3 Å². The monoisotopic (exact) mass is 519 g/mol. The summed E-state index contributed by atoms with van der Waals surface area (Å²) < 4.78 is 5.80. The van der Waals surface area contributed by atoms with Gasteiger partial charge in [0.25, 0.3) is 5.91 Å². The quantitative estimate of drug-likeness (QED) is 0.281. The van der Waals surface area contributed by atoms with E-state index >= 15 is 0 Å². The number of allylic oxidation sites excluding steroid dienone is 1. The van der Waals surface area contributed by atoms with Crippen molar-refractivity contribution in [3.05, 3.63) is 105 Å². The summed E-state index contributed by atoms with van der Waals surface area (Å²) in [7, 11) is 0. The van der Waals surface area contributed by atoms with Gasteiger partial charge in [-0.15, -0.1) is 0 Å². The maximum absolute atomic E-state index is 13.5. The van der Waals surface area contributed by atoms with Gasteiger partial charge in [-0.3, -0.25) is 10.1 Å². The molecule has 0 radical (unpaired) electrons. The molecule has 0 bridgehead atoms. The largest absolute Gasteiger partial charge is 0.423 e. The minimum atomic E-state index is -0.645. The van der Waals surface area contributed by atoms with Crippen molar-refractivity contribution in [2.75, 3.05) is 5.32 Å². The zero-order chi connectivity index (χ0) is 25.1. The molecule has 1 aromatic heterocycles. The topological polar surface area (TPSA) is 91.5 Å². The number of nitrogens with one attached hydrogen (secondary N) is 3. The average molecular weight is 520 g/mol. The first-order chi connectivity index (χ1) is 17.5. The molecule has 1 unspecified atom stereocenters. The fourth-order valence-electron chi connectivity index (χ4n) is 4.07. The molecule has 3 N–H and O–H groups in total. The lowest BCUT2D eigenvalue weighted by Crippen LogP contribution is -2.39. The number of rotatable bonds is 6. The molecule has 0 fully saturated rings. The van der Waals surface area contributed by atoms with Gasteiger partial charge in [0.1, 0.15) is 11.6 Å². The lowest BCUT2D eigenvalue weighted by Gasteiger charge is -2.28. The van der Waals surface area contributed by atoms with Crippen LogP contribution in [0.3, 0.4) is 0 Å². The third kappa shape index (κ3) is 4.94. The summed E-state index contributed by atoms with van der Waals surface area (Å²) in [6.45, 7) is 2.25. The molecular formula is C27H23Cl2N5O2. The van der Waals surface area contributed by atoms with Gasteiger partial charge in [0, 0.05) is 27.9 Å². The third-order valence-corrected chi connectivity index (χ3v) is 6.55. The highest BCUT2D eigenvalue weighted by atomic mass is 35.5. The first-order valence-electron chi connectivity index (χ1n) is 11.5. The van der Waals surface area contributed by atoms with Crippen LogP contribution in [-0.4, -0.2) is 16.9 Å². The molecule has 5 rings (SSSR count). The predicted molar refractivity (Wildman–Crippen MR) is 143 cm³/mol. The number of carbonyl (C=O) groups is 1. The number of carbonyl (C=O) groups excluding carboxylic acids is 1. The summed E-state index contributed by atoms with van der Waals surface area (Å²) in [6, 6.07) is 21.9. The number of benzene rings is 3. The maximum atomic E-state index is 13.5. The number of anilines is 1. The van der Waals surface area contributed by atoms with Crippen molar-refractivity contribution in [3.8, 4) is 0 Å². The Bertz CT molecular complexity index is 1460. The van der Waals surface area contributed by atoms with Gasteiger partial charge in [-0.2, -0.15) is 4.98 Å². The highest BCUT2D eigenvalue weighted by molar-refractivity contribution is 6.31. The molecule has 0 aliphatic carbocycles. The normalized spacial score (nSPS) is 15.4. The number of hydrogen-bond donors (Lipinski definition) is 3. The van der Waals surface area contributed by atoms with E-state index in [1.54, 1.807) is 12.1 Å². The zero-order valence-corrected chi connectivity index (χ0v) is 20.9. The highest BCUT2D eigenvalue weighted by Crippen LogP contribution is 2.36. The van der Waals surface area contributed by atoms with Crippen molar-refractivity contribution in [2.45, 2.75) is 25.9 Å². The number of para-hydroxylation sites is 2. The summed E-state index contributed by atoms with van der Waals surface area (Å²) in [5.41, 5.74) is 4.12. The molecule has 0 saturated heterocycles. The second kappa shape index (κ2) is 10.4. The van der Waals surface area contributed by atoms with Crippen LogP contribution in [0.2, 0.25) is 10.0 Å². The van der Waals surface area contributed by atoms with Crippen molar-refractivity contribution in [1.29, 1.82) is 0 Å². The zero-order valence-electron chi connectivity index (χ0n) is 19.4. The van der Waals surface area contributed by atoms with Crippen LogP contribution in [0.4, 0.5) is 6.01 Å². The Morgan fingerprint density at radius 3 is 2.47 bits per heavy atom. The smallest absolute Gasteiger partial charge is 0.302 e. The van der Waals surface area contributed by atoms with Crippen LogP contribution in [0.25, 0.3) is 11.1 Å². The number of oxazole rings is 1. The van der Waals surface area contributed by atoms with Crippen molar-refractivity contribution in [3.63, 3.8) is 0 Å². The summed E-state index contributed by atoms with van der Waals surface area (Å²) in [6.07, 6.45) is 0.560. The second-order valence-electron chi connectivity index (χ2n) is 8.16. The molecule has 9 heteroatoms. The van der Waals surface area contributed by atoms with Gasteiger partial charge >= 0.3 is 6.01 Å². The van der Waals surface area contributed by atoms with Crippen LogP contribution >= 0.6 is 23.2 Å². The van der Waals surface area contributed by atoms with Crippen LogP contribution in [0.15, 0.2) is 93.5 Å². The van der Waals surface area contributed by atoms with Gasteiger partial charge in [0.2, 0.25) is 5.96 Å². The van der Waals surface area contributed by atoms with Gasteiger partial charge in [0.05, 0.1) is 5.57 Å². The van der Waals surface area contributed by atoms with Crippen molar-refractivity contribution in [1.82, 2.24) is 15.6 Å². The number of nitrogens with zero attached hydrogens (tertiary/aromatic N) is 2. The summed E-state index contributed by atoms with van der Waals surface area (Å²) in [4.78, 5) is 22.8. The Morgan fingerprint density at radius 1 is 1.00 bits per heavy atom. The highest BCUT2D eigenvalue weighted by Gasteiger charge is 2.32. The van der Waals surface area contributed by atoms with Crippen molar-refractivity contribution >= 4 is 52.2 Å². The van der Waals surface area contributed by atoms with Crippen molar-refractivity contribution < 1.29 is 9.21 Å². The first kappa shape index (κ1) is 23.9. The number of halogens is 2. The van der Waals surface area contributed by atoms with Crippen LogP contribution in [0.1, 0.15) is 30.5 Å². The molecule has 1 amide bonds. The van der Waals surface area contributed by atoms with E-state index in [2.05, 4.69) is 20.9 Å². The number of hydrogen-bond acceptors (Lipinski definition) is 6. The third-order valence-electron chi connectivity index (χ3n) is 5.84. The van der Waals surface area contributed by atoms with Crippen LogP contribution in [0.5, 0.6) is 0 Å². The molecule has 36 heavy (non-hydrogen) atoms. The standard InChI is InChI=1S/C27H23Cl2N5O2/c1-2-20-23(25(35)30-15-16-9-3-5-11-18(16)28)24(17-10-4-6-12-19(17)29)33-26(31-20)34-27-32-21-13-7-8-14-22(21)36-27/h3-14,24H,2,15H2,1H3,(H,30,35)(H2,31,32,33,34). The van der Waals surface area contributed by atoms with E-state index in [-0.39, 0.29) is 12.5 Å². The number of guanidine groups is 1. The van der Waals surface area contributed by atoms with Crippen molar-refractivity contribution in [2.24, 2.45) is 4.99 Å². The Morgan fingerprint density at radius 2 is 1.72 bits per heavy atom. The van der Waals surface area contributed by atoms with Crippen LogP contribution in [0, 0.1) is 0 Å². The molecule has 3 aromatic carbocycles. The number of aromatic nitrogens is 1. The predicted octanol–water partition coefficient (Wildman–Crippen LogP) is 6.23. The van der Waals surface area contributed by atoms with Crippen LogP contribution < -0.4 is 16.0 Å². The maximum Gasteiger partial charge on any atom is 0.302 e. The fraction of sp³-hybridized carbons (Fsp3) is 0.148. The van der Waals surface area contributed by atoms with Gasteiger partial charge < -0.3 is 15.1 Å². The summed E-state index contributed by atoms with van der Waals surface area (Å²) in [5.74, 6) is 0.153. The Kier molecular flexibility index (Phi) is 6.93. The molecule has 4 aromatic rings. The molecule has 0 spiro atoms. The Balaban J connectivity index is 1.48. The molecule has 7 nitrogen and oxygen atoms in total. The van der Waals surface area contributed by atoms with E-state index in [1.165, 1.54) is 0 Å². The van der Waals surface area contributed by atoms with E-state index in [1.807, 2.05) is 67.6 Å². The number of aliphatic imine (C=N–C) groups is 1. The molecule has 1 aliphatic heterocycles. The minimum absolute atomic E-state index is 0.256. The molecule has 1 aliphatic rings. The lowest BCUT2D eigenvalue weighted by molar-refractivity contribution is -0.118. The average Bonchev–Trinajstić information content (AvgIpc) is 3.30. The second-order valence-corrected chi connectivity index (χ2v) is 8.97.